The molecule has 17 nitrogen and oxygen atoms in total. The van der Waals surface area contributed by atoms with E-state index in [1.165, 1.54) is 25.1 Å². The number of benzene rings is 1. The number of rotatable bonds is 8. The maximum Gasteiger partial charge on any atom is 0.198 e. The minimum absolute atomic E-state index is 0.0274. The standard InChI is InChI=1S/C44H58O17S/c1-18-25(45)9-11-33(56-18)61-44-30(47)16-42(5,53)17-43(44,54)31(62-6)13-24-36(44)41(52)23-8-7-22(39(50)35(23)40(24)51)28-15-29(38(49)21(4)55-28)60-32-12-10-27(19(2)57-32)59-34-14-26(46)37(48)20(3)58-34/h7-8,13,18-21,25-29,32-34,37-38,45-46,48-50,53-54H,9-12,14-17H2,1-6H3/t18-,19-,20+,21+,25-,26+,27-,28?,29+,32-,33-,34-,37+,38+,42-,43+,44+/m0/s1. The van der Waals surface area contributed by atoms with Gasteiger partial charge in [-0.2, -0.15) is 0 Å². The second-order valence-electron chi connectivity index (χ2n) is 18.3. The van der Waals surface area contributed by atoms with Gasteiger partial charge in [-0.15, -0.1) is 11.8 Å². The first-order valence-electron chi connectivity index (χ1n) is 21.5. The molecule has 5 fully saturated rings. The molecule has 4 saturated heterocycles. The third-order valence-electron chi connectivity index (χ3n) is 13.7. The number of phenols is 1. The van der Waals surface area contributed by atoms with E-state index >= 15 is 0 Å². The molecule has 1 unspecified atom stereocenters. The van der Waals surface area contributed by atoms with E-state index in [1.54, 1.807) is 27.0 Å². The van der Waals surface area contributed by atoms with Gasteiger partial charge in [0.25, 0.3) is 0 Å². The van der Waals surface area contributed by atoms with E-state index in [0.717, 1.165) is 11.8 Å². The zero-order valence-corrected chi connectivity index (χ0v) is 36.4. The largest absolute Gasteiger partial charge is 0.507 e. The number of allylic oxidation sites excluding steroid dienone is 2. The number of ketones is 3. The third-order valence-corrected chi connectivity index (χ3v) is 14.6. The van der Waals surface area contributed by atoms with Crippen molar-refractivity contribution in [2.24, 2.45) is 0 Å². The van der Waals surface area contributed by atoms with Crippen LogP contribution in [0, 0.1) is 0 Å². The van der Waals surface area contributed by atoms with E-state index in [4.69, 9.17) is 33.2 Å². The lowest BCUT2D eigenvalue weighted by Gasteiger charge is -2.56. The monoisotopic (exact) mass is 890 g/mol. The Balaban J connectivity index is 1.06. The van der Waals surface area contributed by atoms with Crippen LogP contribution < -0.4 is 0 Å². The highest BCUT2D eigenvalue weighted by Crippen LogP contribution is 2.58. The van der Waals surface area contributed by atoms with E-state index in [1.807, 2.05) is 6.92 Å². The minimum Gasteiger partial charge on any atom is -0.507 e. The predicted octanol–water partition coefficient (Wildman–Crippen LogP) is 2.18. The fourth-order valence-corrected chi connectivity index (χ4v) is 11.1. The van der Waals surface area contributed by atoms with Gasteiger partial charge >= 0.3 is 0 Å². The SMILES string of the molecule is CSC1=CC2=C(C(=O)c3ccc(C4C[C@@H](O[C@H]5CC[C@H](O[C@H]6C[C@@H](O)[C@H](O)[C@@H](C)O6)[C@H](C)O5)[C@H](O)[C@@H](C)O4)c(O)c3C2=O)[C@]2(O[C@H]3CC[C@H](O)[C@H](C)O3)C(=O)C[C@](C)(O)C[C@@]12O. The third kappa shape index (κ3) is 7.74. The average molecular weight is 891 g/mol. The van der Waals surface area contributed by atoms with Crippen LogP contribution in [-0.2, 0) is 38.0 Å². The molecule has 0 spiro atoms. The van der Waals surface area contributed by atoms with Crippen molar-refractivity contribution in [2.45, 2.75) is 189 Å². The minimum atomic E-state index is -2.50. The molecule has 0 amide bonds. The Morgan fingerprint density at radius 3 is 2.08 bits per heavy atom. The van der Waals surface area contributed by atoms with Gasteiger partial charge < -0.3 is 68.9 Å². The highest BCUT2D eigenvalue weighted by atomic mass is 32.2. The van der Waals surface area contributed by atoms with Crippen LogP contribution in [0.25, 0.3) is 0 Å². The van der Waals surface area contributed by atoms with Crippen molar-refractivity contribution in [3.8, 4) is 5.75 Å². The number of hydrogen-bond acceptors (Lipinski definition) is 18. The Hall–Kier alpha value is -2.66. The number of aromatic hydroxyl groups is 1. The van der Waals surface area contributed by atoms with Crippen molar-refractivity contribution in [1.29, 1.82) is 0 Å². The van der Waals surface area contributed by atoms with Crippen LogP contribution in [0.3, 0.4) is 0 Å². The highest BCUT2D eigenvalue weighted by Gasteiger charge is 2.71. The van der Waals surface area contributed by atoms with Gasteiger partial charge in [-0.3, -0.25) is 14.4 Å². The summed E-state index contributed by atoms with van der Waals surface area (Å²) in [5, 5.41) is 77.8. The van der Waals surface area contributed by atoms with Crippen LogP contribution in [0.4, 0.5) is 0 Å². The van der Waals surface area contributed by atoms with Crippen molar-refractivity contribution in [1.82, 2.24) is 0 Å². The smallest absolute Gasteiger partial charge is 0.198 e. The van der Waals surface area contributed by atoms with Crippen LogP contribution in [0.15, 0.2) is 34.3 Å². The number of phenolic OH excluding ortho intramolecular Hbond substituents is 1. The molecule has 0 aromatic heterocycles. The molecule has 17 atom stereocenters. The zero-order chi connectivity index (χ0) is 44.8. The molecule has 342 valence electrons. The summed E-state index contributed by atoms with van der Waals surface area (Å²) in [6.07, 6.45) is -7.94. The maximum atomic E-state index is 14.9. The van der Waals surface area contributed by atoms with Crippen LogP contribution in [0.1, 0.15) is 118 Å². The number of carbonyl (C=O) groups excluding carboxylic acids is 3. The molecular weight excluding hydrogens is 833 g/mol. The van der Waals surface area contributed by atoms with Gasteiger partial charge in [0.2, 0.25) is 0 Å². The Bertz CT molecular complexity index is 2010. The van der Waals surface area contributed by atoms with E-state index in [9.17, 15) is 50.1 Å². The zero-order valence-electron chi connectivity index (χ0n) is 35.6. The first kappa shape index (κ1) is 45.9. The van der Waals surface area contributed by atoms with E-state index < -0.39 is 144 Å². The maximum absolute atomic E-state index is 14.9. The molecule has 0 radical (unpaired) electrons. The molecule has 0 bridgehead atoms. The first-order chi connectivity index (χ1) is 29.2. The van der Waals surface area contributed by atoms with E-state index in [0.29, 0.717) is 12.8 Å². The summed E-state index contributed by atoms with van der Waals surface area (Å²) in [5.74, 6) is -3.02. The van der Waals surface area contributed by atoms with Crippen molar-refractivity contribution in [3.05, 3.63) is 51.0 Å². The fraction of sp³-hybridized carbons (Fsp3) is 0.705. The molecule has 1 aromatic rings. The predicted molar refractivity (Wildman–Crippen MR) is 217 cm³/mol. The van der Waals surface area contributed by atoms with Crippen LogP contribution in [-0.4, -0.2) is 156 Å². The number of aliphatic hydroxyl groups is 6. The second kappa shape index (κ2) is 17.0. The quantitative estimate of drug-likeness (QED) is 0.197. The highest BCUT2D eigenvalue weighted by molar-refractivity contribution is 8.02. The van der Waals surface area contributed by atoms with Gasteiger partial charge in [0.05, 0.1) is 71.7 Å². The number of carbonyl (C=O) groups is 3. The van der Waals surface area contributed by atoms with Gasteiger partial charge in [0.15, 0.2) is 41.8 Å². The number of fused-ring (bicyclic) bond motifs is 3. The first-order valence-corrected chi connectivity index (χ1v) is 22.7. The van der Waals surface area contributed by atoms with Gasteiger partial charge in [-0.05, 0) is 65.9 Å². The molecule has 7 N–H and O–H groups in total. The Morgan fingerprint density at radius 2 is 1.40 bits per heavy atom. The van der Waals surface area contributed by atoms with Gasteiger partial charge in [-0.25, -0.2) is 0 Å². The number of hydrogen-bond donors (Lipinski definition) is 7. The number of aliphatic hydroxyl groups excluding tert-OH is 4. The lowest BCUT2D eigenvalue weighted by molar-refractivity contribution is -0.306. The molecule has 1 saturated carbocycles. The normalized spacial score (nSPS) is 45.0. The van der Waals surface area contributed by atoms with E-state index in [-0.39, 0.29) is 52.9 Å². The fourth-order valence-electron chi connectivity index (χ4n) is 10.3. The lowest BCUT2D eigenvalue weighted by atomic mass is 9.57. The van der Waals surface area contributed by atoms with Crippen molar-refractivity contribution < 1.29 is 83.3 Å². The van der Waals surface area contributed by atoms with Crippen LogP contribution in [0.5, 0.6) is 5.75 Å². The molecule has 4 heterocycles. The van der Waals surface area contributed by atoms with E-state index in [2.05, 4.69) is 0 Å². The van der Waals surface area contributed by atoms with Crippen LogP contribution >= 0.6 is 11.8 Å². The molecular formula is C44H58O17S. The topological polar surface area (TPSA) is 257 Å². The van der Waals surface area contributed by atoms with Crippen molar-refractivity contribution in [3.63, 3.8) is 0 Å². The van der Waals surface area contributed by atoms with Crippen molar-refractivity contribution in [2.75, 3.05) is 6.26 Å². The lowest BCUT2D eigenvalue weighted by Crippen LogP contribution is -2.72. The molecule has 4 aliphatic heterocycles. The molecule has 3 aliphatic carbocycles. The van der Waals surface area contributed by atoms with Crippen LogP contribution in [0.2, 0.25) is 0 Å². The summed E-state index contributed by atoms with van der Waals surface area (Å²) in [6, 6.07) is 2.79. The number of thioether (sulfide) groups is 1. The van der Waals surface area contributed by atoms with Crippen molar-refractivity contribution >= 4 is 29.1 Å². The molecule has 8 rings (SSSR count). The molecule has 62 heavy (non-hydrogen) atoms. The second-order valence-corrected chi connectivity index (χ2v) is 19.1. The summed E-state index contributed by atoms with van der Waals surface area (Å²) in [4.78, 5) is 44.3. The summed E-state index contributed by atoms with van der Waals surface area (Å²) >= 11 is 1.02. The van der Waals surface area contributed by atoms with Gasteiger partial charge in [0, 0.05) is 60.1 Å². The van der Waals surface area contributed by atoms with Gasteiger partial charge in [-0.1, -0.05) is 6.07 Å². The molecule has 18 heteroatoms. The average Bonchev–Trinajstić information content (AvgIpc) is 3.19. The summed E-state index contributed by atoms with van der Waals surface area (Å²) in [5.41, 5.74) is -7.62. The summed E-state index contributed by atoms with van der Waals surface area (Å²) in [7, 11) is 0. The Kier molecular flexibility index (Phi) is 12.6. The number of Topliss-reactive ketones (excluding diaryl/α,β-unsaturated/α-hetero) is 3. The summed E-state index contributed by atoms with van der Waals surface area (Å²) < 4.78 is 43.0. The number of ether oxygens (including phenoxy) is 7. The van der Waals surface area contributed by atoms with Gasteiger partial charge in [0.1, 0.15) is 23.6 Å². The molecule has 7 aliphatic rings. The Labute approximate surface area is 363 Å². The Morgan fingerprint density at radius 1 is 0.742 bits per heavy atom. The molecule has 1 aromatic carbocycles. The summed E-state index contributed by atoms with van der Waals surface area (Å²) in [6.45, 7) is 8.15.